The summed E-state index contributed by atoms with van der Waals surface area (Å²) in [5.74, 6) is -12.6. The number of amides is 6. The number of aliphatic imine (C=N–C) groups is 1. The van der Waals surface area contributed by atoms with Crippen molar-refractivity contribution in [1.29, 1.82) is 0 Å². The van der Waals surface area contributed by atoms with Crippen LogP contribution in [0.3, 0.4) is 0 Å². The number of hydrogen-bond acceptors (Lipinski definition) is 18. The summed E-state index contributed by atoms with van der Waals surface area (Å²) in [5, 5.41) is 62.7. The number of aliphatic hydroxyl groups is 1. The fourth-order valence-corrected chi connectivity index (χ4v) is 10.5. The van der Waals surface area contributed by atoms with Crippen LogP contribution in [0.4, 0.5) is 0 Å². The van der Waals surface area contributed by atoms with Crippen molar-refractivity contribution in [2.75, 3.05) is 26.3 Å². The summed E-state index contributed by atoms with van der Waals surface area (Å²) in [5.41, 5.74) is 12.2. The number of aromatic hydroxyl groups is 1. The molecule has 29 heteroatoms. The van der Waals surface area contributed by atoms with Crippen LogP contribution in [0.1, 0.15) is 164 Å². The van der Waals surface area contributed by atoms with E-state index in [4.69, 9.17) is 16.2 Å². The van der Waals surface area contributed by atoms with Crippen molar-refractivity contribution in [2.24, 2.45) is 63.8 Å². The van der Waals surface area contributed by atoms with Gasteiger partial charge in [-0.15, -0.1) is 5.10 Å². The zero-order valence-corrected chi connectivity index (χ0v) is 56.4. The molecular formula is C65H104N12O17. The van der Waals surface area contributed by atoms with Crippen LogP contribution in [0.2, 0.25) is 0 Å². The lowest BCUT2D eigenvalue weighted by atomic mass is 9.87. The van der Waals surface area contributed by atoms with Crippen LogP contribution in [0.15, 0.2) is 35.5 Å². The maximum atomic E-state index is 14.2. The second-order valence-corrected chi connectivity index (χ2v) is 26.1. The third-order valence-corrected chi connectivity index (χ3v) is 15.2. The van der Waals surface area contributed by atoms with E-state index in [9.17, 15) is 78.0 Å². The molecule has 1 heterocycles. The predicted octanol–water partition coefficient (Wildman–Crippen LogP) is 2.24. The molecule has 0 aliphatic heterocycles. The van der Waals surface area contributed by atoms with Crippen LogP contribution in [-0.4, -0.2) is 175 Å². The number of phenolic OH excluding ortho intramolecular Hbond substituents is 1. The maximum Gasteiger partial charge on any atom is 0.328 e. The van der Waals surface area contributed by atoms with Crippen molar-refractivity contribution in [2.45, 2.75) is 209 Å². The molecule has 1 aromatic heterocycles. The number of hydrogen-bond donors (Lipinski definition) is 12. The number of ether oxygens (including phenoxy) is 1. The number of carbonyl (C=O) groups is 12. The van der Waals surface area contributed by atoms with Crippen LogP contribution in [-0.2, 0) is 81.7 Å². The molecule has 6 amide bonds. The van der Waals surface area contributed by atoms with E-state index >= 15 is 0 Å². The van der Waals surface area contributed by atoms with Gasteiger partial charge in [-0.3, -0.25) is 52.9 Å². The monoisotopic (exact) mass is 1320 g/mol. The number of carboxylic acid groups (broad SMARTS) is 2. The molecule has 0 saturated heterocycles. The van der Waals surface area contributed by atoms with Gasteiger partial charge in [-0.1, -0.05) is 72.7 Å². The van der Waals surface area contributed by atoms with Crippen LogP contribution >= 0.6 is 0 Å². The largest absolute Gasteiger partial charge is 0.508 e. The minimum atomic E-state index is -1.61. The zero-order valence-electron chi connectivity index (χ0n) is 56.4. The Morgan fingerprint density at radius 3 is 1.71 bits per heavy atom. The standard InChI is InChI=1S/C65H104N12O17/c1-36(2)25-45(59(87)70-41(10)54(82)32-44(13-12-20-69-65(66)67)58(86)71-51(27-38(5)6)55(83)33-46(26-37(3)4)61(89)74-57(42(11)79)64(92)93)31-50(81)19-16-48-35-77(76-75-48)22-24-94-23-21-68-62(90)53(34-56(84)85)73-63(91)52(28-39(7)8)72-60(88)47(29-40(9)78)30-43-14-17-49(80)18-15-43/h14-15,17-18,35-39,41-42,44-47,51-53,57,79-80H,12-13,16,19-34H2,1-11H3,(H,68,90)(H,70,87)(H,71,86)(H,72,88)(H,73,91)(H,74,89)(H,84,85)(H,92,93)(H4,66,67,69)/t41-,42?,44+,45+,46+,47-,51-,52+,53-,57-/m0/s1. The highest BCUT2D eigenvalue weighted by atomic mass is 16.5. The third kappa shape index (κ3) is 33.1. The molecule has 2 aromatic rings. The summed E-state index contributed by atoms with van der Waals surface area (Å²) in [6.45, 7) is 19.1. The number of benzene rings is 1. The lowest BCUT2D eigenvalue weighted by molar-refractivity contribution is -0.146. The minimum Gasteiger partial charge on any atom is -0.508 e. The third-order valence-electron chi connectivity index (χ3n) is 15.2. The topological polar surface area (TPSA) is 462 Å². The predicted molar refractivity (Wildman–Crippen MR) is 347 cm³/mol. The number of nitrogens with one attached hydrogen (secondary N) is 6. The van der Waals surface area contributed by atoms with E-state index in [1.807, 2.05) is 55.4 Å². The molecule has 10 atom stereocenters. The number of aliphatic hydroxyl groups excluding tert-OH is 1. The fraction of sp³-hybridized carbons (Fsp3) is 0.677. The summed E-state index contributed by atoms with van der Waals surface area (Å²) in [6, 6.07) is -0.354. The van der Waals surface area contributed by atoms with Crippen LogP contribution in [0, 0.1) is 47.3 Å². The van der Waals surface area contributed by atoms with Gasteiger partial charge in [0.15, 0.2) is 23.6 Å². The van der Waals surface area contributed by atoms with E-state index < -0.39 is 125 Å². The summed E-state index contributed by atoms with van der Waals surface area (Å²) in [7, 11) is 0. The lowest BCUT2D eigenvalue weighted by Crippen LogP contribution is -2.55. The molecule has 94 heavy (non-hydrogen) atoms. The highest BCUT2D eigenvalue weighted by molar-refractivity contribution is 5.97. The van der Waals surface area contributed by atoms with Gasteiger partial charge in [0, 0.05) is 75.1 Å². The number of aryl methyl sites for hydroxylation is 1. The molecule has 1 aromatic carbocycles. The quantitative estimate of drug-likeness (QED) is 0.0257. The molecule has 0 spiro atoms. The van der Waals surface area contributed by atoms with Crippen molar-refractivity contribution in [1.82, 2.24) is 46.9 Å². The number of ketones is 4. The number of carbonyl (C=O) groups excluding carboxylic acids is 10. The van der Waals surface area contributed by atoms with Gasteiger partial charge in [0.25, 0.3) is 0 Å². The first kappa shape index (κ1) is 81.9. The number of rotatable bonds is 48. The lowest BCUT2D eigenvalue weighted by Gasteiger charge is -2.27. The Balaban J connectivity index is 2.04. The number of nitrogens with zero attached hydrogens (tertiary/aromatic N) is 4. The van der Waals surface area contributed by atoms with E-state index in [1.54, 1.807) is 18.3 Å². The molecule has 2 rings (SSSR count). The number of guanidine groups is 1. The summed E-state index contributed by atoms with van der Waals surface area (Å²) in [6.07, 6.45) is 0.0141. The zero-order chi connectivity index (χ0) is 70.9. The summed E-state index contributed by atoms with van der Waals surface area (Å²) in [4.78, 5) is 163. The van der Waals surface area contributed by atoms with Gasteiger partial charge in [0.05, 0.1) is 50.1 Å². The maximum absolute atomic E-state index is 14.2. The molecule has 1 unspecified atom stereocenters. The van der Waals surface area contributed by atoms with Crippen LogP contribution in [0.5, 0.6) is 5.75 Å². The Hall–Kier alpha value is -8.21. The Bertz CT molecular complexity index is 2850. The summed E-state index contributed by atoms with van der Waals surface area (Å²) >= 11 is 0. The molecule has 0 saturated carbocycles. The van der Waals surface area contributed by atoms with Crippen molar-refractivity contribution >= 4 is 76.5 Å². The van der Waals surface area contributed by atoms with Gasteiger partial charge < -0.3 is 73.3 Å². The second-order valence-electron chi connectivity index (χ2n) is 26.1. The van der Waals surface area contributed by atoms with E-state index in [-0.39, 0.29) is 157 Å². The van der Waals surface area contributed by atoms with Crippen LogP contribution in [0.25, 0.3) is 0 Å². The number of Topliss-reactive ketones (excluding diaryl/α,β-unsaturated/α-hetero) is 4. The van der Waals surface area contributed by atoms with E-state index in [1.165, 1.54) is 37.6 Å². The van der Waals surface area contributed by atoms with Crippen molar-refractivity contribution in [3.63, 3.8) is 0 Å². The highest BCUT2D eigenvalue weighted by Gasteiger charge is 2.36. The average Bonchev–Trinajstić information content (AvgIpc) is 1.15. The number of nitrogens with two attached hydrogens (primary N) is 2. The number of carboxylic acids is 2. The van der Waals surface area contributed by atoms with Gasteiger partial charge in [-0.05, 0) is 114 Å². The van der Waals surface area contributed by atoms with E-state index in [0.29, 0.717) is 17.7 Å². The molecule has 0 aliphatic rings. The van der Waals surface area contributed by atoms with Gasteiger partial charge in [0.1, 0.15) is 29.4 Å². The van der Waals surface area contributed by atoms with Gasteiger partial charge in [-0.25, -0.2) is 9.48 Å². The number of aromatic nitrogens is 3. The fourth-order valence-electron chi connectivity index (χ4n) is 10.5. The Labute approximate surface area is 550 Å². The molecule has 0 fully saturated rings. The molecule has 14 N–H and O–H groups in total. The number of aliphatic carboxylic acids is 2. The van der Waals surface area contributed by atoms with Gasteiger partial charge in [0.2, 0.25) is 35.4 Å². The summed E-state index contributed by atoms with van der Waals surface area (Å²) < 4.78 is 7.15. The Kier molecular flexibility index (Phi) is 36.7. The first-order valence-electron chi connectivity index (χ1n) is 32.3. The highest BCUT2D eigenvalue weighted by Crippen LogP contribution is 2.24. The Morgan fingerprint density at radius 1 is 0.606 bits per heavy atom. The number of phenols is 1. The van der Waals surface area contributed by atoms with E-state index in [0.717, 1.165) is 0 Å². The van der Waals surface area contributed by atoms with Crippen molar-refractivity contribution in [3.8, 4) is 5.75 Å². The molecule has 526 valence electrons. The Morgan fingerprint density at radius 2 is 1.15 bits per heavy atom. The molecule has 0 radical (unpaired) electrons. The van der Waals surface area contributed by atoms with Gasteiger partial charge >= 0.3 is 11.9 Å². The first-order valence-corrected chi connectivity index (χ1v) is 32.3. The molecule has 0 aliphatic carbocycles. The minimum absolute atomic E-state index is 0.0146. The average molecular weight is 1330 g/mol. The second kappa shape index (κ2) is 42.2. The van der Waals surface area contributed by atoms with Crippen molar-refractivity contribution < 1.29 is 82.7 Å². The van der Waals surface area contributed by atoms with Crippen LogP contribution < -0.4 is 43.4 Å². The molecule has 0 bridgehead atoms. The van der Waals surface area contributed by atoms with E-state index in [2.05, 4.69) is 47.2 Å². The first-order chi connectivity index (χ1) is 44.0. The van der Waals surface area contributed by atoms with Gasteiger partial charge in [-0.2, -0.15) is 0 Å². The normalized spacial score (nSPS) is 14.6. The molecule has 29 nitrogen and oxygen atoms in total. The van der Waals surface area contributed by atoms with Crippen molar-refractivity contribution in [3.05, 3.63) is 41.7 Å². The SMILES string of the molecule is CC(=O)C[C@@H](Cc1ccc(O)cc1)C(=O)N[C@H](CC(C)C)C(=O)N[C@@H](CC(=O)O)C(=O)NCCOCCn1cc(CCC(=O)C[C@@H](CC(C)C)C(=O)N[C@@H](C)C(=O)C[C@@H](CCCN=C(N)N)C(=O)N[C@@H](CC(C)C)C(=O)C[C@@H](CC(C)C)C(=O)N[C@H](C(=O)O)C(C)O)nn1. The molecular weight excluding hydrogens is 1220 g/mol. The smallest absolute Gasteiger partial charge is 0.328 e.